The molecule has 0 spiro atoms. The van der Waals surface area contributed by atoms with Gasteiger partial charge < -0.3 is 24.5 Å². The number of benzene rings is 1. The fourth-order valence-corrected chi connectivity index (χ4v) is 3.97. The molecule has 1 aromatic carbocycles. The molecule has 0 bridgehead atoms. The Morgan fingerprint density at radius 2 is 1.90 bits per heavy atom. The molecule has 29 heavy (non-hydrogen) atoms. The van der Waals surface area contributed by atoms with Gasteiger partial charge in [0.05, 0.1) is 17.8 Å². The lowest BCUT2D eigenvalue weighted by Gasteiger charge is -2.30. The predicted octanol–water partition coefficient (Wildman–Crippen LogP) is 3.42. The molecule has 3 heterocycles. The molecule has 7 heteroatoms. The number of likely N-dealkylation sites (tertiary alicyclic amines) is 1. The molecule has 2 amide bonds. The molecule has 2 aliphatic heterocycles. The normalized spacial score (nSPS) is 17.7. The molecule has 2 aromatic rings. The Balaban J connectivity index is 1.39. The quantitative estimate of drug-likeness (QED) is 0.778. The van der Waals surface area contributed by atoms with E-state index in [9.17, 15) is 4.79 Å². The Kier molecular flexibility index (Phi) is 5.67. The molecule has 2 N–H and O–H groups in total. The summed E-state index contributed by atoms with van der Waals surface area (Å²) < 4.78 is 16.9. The highest BCUT2D eigenvalue weighted by Crippen LogP contribution is 2.34. The zero-order valence-electron chi connectivity index (χ0n) is 17.1. The minimum atomic E-state index is -0.562. The van der Waals surface area contributed by atoms with Crippen LogP contribution in [0.5, 0.6) is 11.5 Å². The minimum absolute atomic E-state index is 0.0515. The van der Waals surface area contributed by atoms with Crippen LogP contribution in [0.1, 0.15) is 44.1 Å². The average molecular weight is 399 g/mol. The molecular formula is C22H29N3O4. The maximum Gasteiger partial charge on any atom is 0.315 e. The molecular weight excluding hydrogens is 370 g/mol. The van der Waals surface area contributed by atoms with E-state index in [1.54, 1.807) is 6.26 Å². The van der Waals surface area contributed by atoms with Crippen LogP contribution in [0.3, 0.4) is 0 Å². The van der Waals surface area contributed by atoms with Gasteiger partial charge in [0.25, 0.3) is 0 Å². The van der Waals surface area contributed by atoms with Gasteiger partial charge in [-0.1, -0.05) is 6.07 Å². The van der Waals surface area contributed by atoms with Crippen molar-refractivity contribution in [2.75, 3.05) is 32.8 Å². The van der Waals surface area contributed by atoms with Gasteiger partial charge >= 0.3 is 6.03 Å². The van der Waals surface area contributed by atoms with Crippen LogP contribution in [0.2, 0.25) is 0 Å². The van der Waals surface area contributed by atoms with Crippen molar-refractivity contribution in [3.63, 3.8) is 0 Å². The summed E-state index contributed by atoms with van der Waals surface area (Å²) in [5.41, 5.74) is 0.396. The molecule has 1 atom stereocenters. The molecule has 0 radical (unpaired) electrons. The van der Waals surface area contributed by atoms with Gasteiger partial charge in [0.2, 0.25) is 0 Å². The number of hydrogen-bond acceptors (Lipinski definition) is 5. The fourth-order valence-electron chi connectivity index (χ4n) is 3.97. The van der Waals surface area contributed by atoms with Crippen LogP contribution in [0.4, 0.5) is 4.79 Å². The van der Waals surface area contributed by atoms with Gasteiger partial charge in [-0.25, -0.2) is 4.79 Å². The Labute approximate surface area is 171 Å². The Morgan fingerprint density at radius 3 is 2.62 bits per heavy atom. The highest BCUT2D eigenvalue weighted by molar-refractivity contribution is 5.75. The molecule has 2 aliphatic rings. The predicted molar refractivity (Wildman–Crippen MR) is 109 cm³/mol. The van der Waals surface area contributed by atoms with Crippen molar-refractivity contribution in [3.05, 3.63) is 47.9 Å². The third-order valence-electron chi connectivity index (χ3n) is 5.60. The van der Waals surface area contributed by atoms with Gasteiger partial charge in [0, 0.05) is 6.54 Å². The molecule has 1 fully saturated rings. The van der Waals surface area contributed by atoms with Crippen molar-refractivity contribution in [2.24, 2.45) is 0 Å². The number of nitrogens with zero attached hydrogens (tertiary/aromatic N) is 1. The molecule has 1 saturated heterocycles. The number of rotatable bonds is 6. The van der Waals surface area contributed by atoms with Gasteiger partial charge in [0.15, 0.2) is 11.5 Å². The highest BCUT2D eigenvalue weighted by atomic mass is 16.6. The third-order valence-corrected chi connectivity index (χ3v) is 5.60. The summed E-state index contributed by atoms with van der Waals surface area (Å²) in [5.74, 6) is 2.35. The van der Waals surface area contributed by atoms with E-state index in [0.29, 0.717) is 19.8 Å². The van der Waals surface area contributed by atoms with Gasteiger partial charge in [-0.15, -0.1) is 0 Å². The van der Waals surface area contributed by atoms with E-state index >= 15 is 0 Å². The van der Waals surface area contributed by atoms with Crippen LogP contribution in [0.25, 0.3) is 0 Å². The van der Waals surface area contributed by atoms with E-state index < -0.39 is 5.54 Å². The number of ether oxygens (including phenoxy) is 2. The maximum atomic E-state index is 12.7. The van der Waals surface area contributed by atoms with Crippen molar-refractivity contribution < 1.29 is 18.7 Å². The maximum absolute atomic E-state index is 12.7. The molecule has 7 nitrogen and oxygen atoms in total. The second-order valence-corrected chi connectivity index (χ2v) is 8.09. The van der Waals surface area contributed by atoms with Gasteiger partial charge in [0.1, 0.15) is 19.0 Å². The van der Waals surface area contributed by atoms with Crippen LogP contribution in [-0.2, 0) is 5.54 Å². The van der Waals surface area contributed by atoms with Crippen LogP contribution < -0.4 is 20.1 Å². The zero-order chi connectivity index (χ0) is 20.3. The van der Waals surface area contributed by atoms with Crippen molar-refractivity contribution in [1.29, 1.82) is 0 Å². The van der Waals surface area contributed by atoms with E-state index in [1.807, 2.05) is 44.2 Å². The fraction of sp³-hybridized carbons (Fsp3) is 0.500. The monoisotopic (exact) mass is 399 g/mol. The lowest BCUT2D eigenvalue weighted by molar-refractivity contribution is 0.171. The largest absolute Gasteiger partial charge is 0.486 e. The highest BCUT2D eigenvalue weighted by Gasteiger charge is 2.28. The summed E-state index contributed by atoms with van der Waals surface area (Å²) in [6, 6.07) is 9.50. The van der Waals surface area contributed by atoms with E-state index in [-0.39, 0.29) is 12.1 Å². The summed E-state index contributed by atoms with van der Waals surface area (Å²) in [5, 5.41) is 6.10. The van der Waals surface area contributed by atoms with Gasteiger partial charge in [-0.3, -0.25) is 4.90 Å². The van der Waals surface area contributed by atoms with E-state index in [0.717, 1.165) is 35.9 Å². The minimum Gasteiger partial charge on any atom is -0.486 e. The molecule has 0 saturated carbocycles. The molecule has 1 aromatic heterocycles. The second-order valence-electron chi connectivity index (χ2n) is 8.09. The van der Waals surface area contributed by atoms with Crippen molar-refractivity contribution in [3.8, 4) is 11.5 Å². The number of amides is 2. The average Bonchev–Trinajstić information content (AvgIpc) is 3.42. The Hall–Kier alpha value is -2.67. The van der Waals surface area contributed by atoms with Gasteiger partial charge in [-0.2, -0.15) is 0 Å². The van der Waals surface area contributed by atoms with Crippen LogP contribution in [0.15, 0.2) is 41.0 Å². The summed E-state index contributed by atoms with van der Waals surface area (Å²) in [4.78, 5) is 15.0. The summed E-state index contributed by atoms with van der Waals surface area (Å²) in [6.45, 7) is 7.59. The number of carbonyl (C=O) groups is 1. The van der Waals surface area contributed by atoms with E-state index in [1.165, 1.54) is 12.8 Å². The van der Waals surface area contributed by atoms with E-state index in [4.69, 9.17) is 13.9 Å². The number of furan rings is 1. The first-order valence-corrected chi connectivity index (χ1v) is 10.3. The number of carbonyl (C=O) groups excluding carboxylic acids is 1. The molecule has 0 unspecified atom stereocenters. The topological polar surface area (TPSA) is 76.0 Å². The number of fused-ring (bicyclic) bond motifs is 1. The second kappa shape index (κ2) is 8.37. The first-order valence-electron chi connectivity index (χ1n) is 10.3. The lowest BCUT2D eigenvalue weighted by atomic mass is 9.94. The van der Waals surface area contributed by atoms with Crippen molar-refractivity contribution >= 4 is 6.03 Å². The zero-order valence-corrected chi connectivity index (χ0v) is 17.1. The molecule has 4 rings (SSSR count). The first kappa shape index (κ1) is 19.6. The van der Waals surface area contributed by atoms with Gasteiger partial charge in [-0.05, 0) is 69.6 Å². The Morgan fingerprint density at radius 1 is 1.14 bits per heavy atom. The third kappa shape index (κ3) is 4.50. The smallest absolute Gasteiger partial charge is 0.315 e. The van der Waals surface area contributed by atoms with Crippen LogP contribution >= 0.6 is 0 Å². The SMILES string of the molecule is CC(C)(NC(=O)NC[C@H](c1ccco1)N1CCCC1)c1ccc2c(c1)OCCO2. The summed E-state index contributed by atoms with van der Waals surface area (Å²) >= 11 is 0. The standard InChI is InChI=1S/C22H29N3O4/c1-22(2,16-7-8-19-20(14-16)29-13-12-28-19)24-21(26)23-15-17(18-6-5-11-27-18)25-9-3-4-10-25/h5-8,11,14,17H,3-4,9-10,12-13,15H2,1-2H3,(H2,23,24,26)/t17-/m1/s1. The number of hydrogen-bond donors (Lipinski definition) is 2. The van der Waals surface area contributed by atoms with Crippen LogP contribution in [-0.4, -0.2) is 43.8 Å². The van der Waals surface area contributed by atoms with Crippen molar-refractivity contribution in [2.45, 2.75) is 38.3 Å². The molecule has 156 valence electrons. The summed E-state index contributed by atoms with van der Waals surface area (Å²) in [6.07, 6.45) is 4.05. The number of urea groups is 1. The first-order chi connectivity index (χ1) is 14.0. The van der Waals surface area contributed by atoms with Crippen molar-refractivity contribution in [1.82, 2.24) is 15.5 Å². The van der Waals surface area contributed by atoms with Crippen LogP contribution in [0, 0.1) is 0 Å². The molecule has 0 aliphatic carbocycles. The van der Waals surface area contributed by atoms with E-state index in [2.05, 4.69) is 15.5 Å². The Bertz CT molecular complexity index is 829. The lowest BCUT2D eigenvalue weighted by Crippen LogP contribution is -2.48. The summed E-state index contributed by atoms with van der Waals surface area (Å²) in [7, 11) is 0. The number of nitrogens with one attached hydrogen (secondary N) is 2.